The number of halogens is 1. The van der Waals surface area contributed by atoms with Gasteiger partial charge < -0.3 is 0 Å². The van der Waals surface area contributed by atoms with E-state index in [0.717, 1.165) is 12.5 Å². The number of hydrogen-bond donors (Lipinski definition) is 0. The molecule has 0 radical (unpaired) electrons. The van der Waals surface area contributed by atoms with Gasteiger partial charge in [0, 0.05) is 16.2 Å². The summed E-state index contributed by atoms with van der Waals surface area (Å²) in [5.41, 5.74) is 1.20. The second-order valence-corrected chi connectivity index (χ2v) is 7.23. The number of aryl methyl sites for hydroxylation is 2. The van der Waals surface area contributed by atoms with Crippen LogP contribution >= 0.6 is 27.3 Å². The van der Waals surface area contributed by atoms with Crippen molar-refractivity contribution < 1.29 is 0 Å². The highest BCUT2D eigenvalue weighted by Crippen LogP contribution is 2.25. The Labute approximate surface area is 110 Å². The summed E-state index contributed by atoms with van der Waals surface area (Å²) in [6, 6.07) is 0. The van der Waals surface area contributed by atoms with Gasteiger partial charge >= 0.3 is 0 Å². The fraction of sp³-hybridized carbons (Fsp3) is 0.750. The summed E-state index contributed by atoms with van der Waals surface area (Å²) in [4.78, 5) is 9.20. The second-order valence-electron chi connectivity index (χ2n) is 4.77. The maximum absolute atomic E-state index is 4.61. The molecule has 2 heterocycles. The molecule has 2 unspecified atom stereocenters. The molecule has 0 N–H and O–H groups in total. The van der Waals surface area contributed by atoms with Crippen molar-refractivity contribution in [2.45, 2.75) is 38.6 Å². The first kappa shape index (κ1) is 12.5. The first-order valence-corrected chi connectivity index (χ1v) is 7.59. The molecule has 2 rings (SSSR count). The zero-order valence-corrected chi connectivity index (χ0v) is 12.6. The minimum atomic E-state index is 0.698. The molecule has 1 aliphatic heterocycles. The molecule has 0 saturated carbocycles. The number of rotatable bonds is 2. The van der Waals surface area contributed by atoms with E-state index < -0.39 is 0 Å². The average Bonchev–Trinajstić information content (AvgIpc) is 2.52. The van der Waals surface area contributed by atoms with Gasteiger partial charge in [-0.3, -0.25) is 4.90 Å². The third kappa shape index (κ3) is 2.84. The molecule has 16 heavy (non-hydrogen) atoms. The number of hydrogen-bond acceptors (Lipinski definition) is 3. The van der Waals surface area contributed by atoms with Crippen molar-refractivity contribution in [1.29, 1.82) is 0 Å². The van der Waals surface area contributed by atoms with E-state index in [2.05, 4.69) is 46.6 Å². The van der Waals surface area contributed by atoms with Crippen LogP contribution in [0.5, 0.6) is 0 Å². The lowest BCUT2D eigenvalue weighted by molar-refractivity contribution is 0.183. The Balaban J connectivity index is 1.95. The number of piperidine rings is 1. The maximum atomic E-state index is 4.61. The Morgan fingerprint density at radius 3 is 2.81 bits per heavy atom. The molecule has 0 aromatic carbocycles. The van der Waals surface area contributed by atoms with Crippen molar-refractivity contribution in [2.24, 2.45) is 5.92 Å². The molecular weight excluding hydrogens is 284 g/mol. The van der Waals surface area contributed by atoms with E-state index in [-0.39, 0.29) is 0 Å². The van der Waals surface area contributed by atoms with Crippen LogP contribution in [-0.2, 0) is 6.54 Å². The van der Waals surface area contributed by atoms with Crippen LogP contribution in [0.15, 0.2) is 0 Å². The van der Waals surface area contributed by atoms with Gasteiger partial charge in [-0.05, 0) is 32.7 Å². The molecule has 2 atom stereocenters. The van der Waals surface area contributed by atoms with Crippen molar-refractivity contribution in [3.63, 3.8) is 0 Å². The van der Waals surface area contributed by atoms with E-state index in [1.54, 1.807) is 0 Å². The second kappa shape index (κ2) is 5.15. The van der Waals surface area contributed by atoms with Crippen LogP contribution in [0.2, 0.25) is 0 Å². The Bertz CT molecular complexity index is 344. The molecular formula is C12H19BrN2S. The van der Waals surface area contributed by atoms with Gasteiger partial charge in [0.25, 0.3) is 0 Å². The van der Waals surface area contributed by atoms with Crippen LogP contribution in [0.4, 0.5) is 0 Å². The number of alkyl halides is 1. The van der Waals surface area contributed by atoms with Crippen LogP contribution in [0.1, 0.15) is 28.9 Å². The summed E-state index contributed by atoms with van der Waals surface area (Å²) < 4.78 is 0. The fourth-order valence-electron chi connectivity index (χ4n) is 2.15. The Morgan fingerprint density at radius 1 is 1.50 bits per heavy atom. The molecule has 0 amide bonds. The summed E-state index contributed by atoms with van der Waals surface area (Å²) in [6.45, 7) is 9.99. The summed E-state index contributed by atoms with van der Waals surface area (Å²) in [5.74, 6) is 0.746. The highest BCUT2D eigenvalue weighted by Gasteiger charge is 2.24. The van der Waals surface area contributed by atoms with Gasteiger partial charge in [0.2, 0.25) is 0 Å². The highest BCUT2D eigenvalue weighted by molar-refractivity contribution is 9.09. The summed E-state index contributed by atoms with van der Waals surface area (Å²) in [6.07, 6.45) is 1.25. The third-order valence-corrected chi connectivity index (χ3v) is 5.73. The predicted molar refractivity (Wildman–Crippen MR) is 73.4 cm³/mol. The molecule has 2 nitrogen and oxygen atoms in total. The predicted octanol–water partition coefficient (Wildman–Crippen LogP) is 3.37. The van der Waals surface area contributed by atoms with Gasteiger partial charge in [0.15, 0.2) is 0 Å². The standard InChI is InChI=1S/C12H19BrN2S/c1-8-6-15(5-4-11(8)13)7-12-14-9(2)10(3)16-12/h8,11H,4-7H2,1-3H3. The highest BCUT2D eigenvalue weighted by atomic mass is 79.9. The summed E-state index contributed by atoms with van der Waals surface area (Å²) >= 11 is 5.59. The minimum Gasteiger partial charge on any atom is -0.296 e. The lowest BCUT2D eigenvalue weighted by Gasteiger charge is -2.33. The molecule has 1 saturated heterocycles. The smallest absolute Gasteiger partial charge is 0.107 e. The molecule has 1 aliphatic rings. The van der Waals surface area contributed by atoms with Crippen molar-refractivity contribution >= 4 is 27.3 Å². The van der Waals surface area contributed by atoms with Crippen molar-refractivity contribution in [2.75, 3.05) is 13.1 Å². The maximum Gasteiger partial charge on any atom is 0.107 e. The quantitative estimate of drug-likeness (QED) is 0.779. The van der Waals surface area contributed by atoms with E-state index in [0.29, 0.717) is 4.83 Å². The number of aromatic nitrogens is 1. The van der Waals surface area contributed by atoms with E-state index in [1.165, 1.54) is 35.1 Å². The molecule has 1 aromatic heterocycles. The number of thiazole rings is 1. The molecule has 90 valence electrons. The minimum absolute atomic E-state index is 0.698. The van der Waals surface area contributed by atoms with Crippen LogP contribution in [0.25, 0.3) is 0 Å². The third-order valence-electron chi connectivity index (χ3n) is 3.32. The van der Waals surface area contributed by atoms with Gasteiger partial charge in [-0.15, -0.1) is 11.3 Å². The molecule has 1 fully saturated rings. The van der Waals surface area contributed by atoms with E-state index in [1.807, 2.05) is 11.3 Å². The summed E-state index contributed by atoms with van der Waals surface area (Å²) in [7, 11) is 0. The molecule has 0 bridgehead atoms. The van der Waals surface area contributed by atoms with Gasteiger partial charge in [-0.25, -0.2) is 4.98 Å². The first-order chi connectivity index (χ1) is 7.56. The SMILES string of the molecule is Cc1nc(CN2CCC(Br)C(C)C2)sc1C. The first-order valence-electron chi connectivity index (χ1n) is 5.85. The van der Waals surface area contributed by atoms with Crippen LogP contribution in [-0.4, -0.2) is 27.8 Å². The lowest BCUT2D eigenvalue weighted by atomic mass is 10.0. The van der Waals surface area contributed by atoms with Crippen molar-refractivity contribution in [3.05, 3.63) is 15.6 Å². The topological polar surface area (TPSA) is 16.1 Å². The fourth-order valence-corrected chi connectivity index (χ4v) is 3.49. The van der Waals surface area contributed by atoms with Crippen molar-refractivity contribution in [3.8, 4) is 0 Å². The molecule has 4 heteroatoms. The van der Waals surface area contributed by atoms with E-state index in [9.17, 15) is 0 Å². The van der Waals surface area contributed by atoms with Gasteiger partial charge in [-0.1, -0.05) is 22.9 Å². The Morgan fingerprint density at radius 2 is 2.25 bits per heavy atom. The van der Waals surface area contributed by atoms with Gasteiger partial charge in [0.1, 0.15) is 5.01 Å². The normalized spacial score (nSPS) is 27.2. The van der Waals surface area contributed by atoms with Gasteiger partial charge in [0.05, 0.1) is 12.2 Å². The van der Waals surface area contributed by atoms with Gasteiger partial charge in [-0.2, -0.15) is 0 Å². The molecule has 1 aromatic rings. The largest absolute Gasteiger partial charge is 0.296 e. The molecule has 0 aliphatic carbocycles. The Kier molecular flexibility index (Phi) is 4.03. The number of likely N-dealkylation sites (tertiary alicyclic amines) is 1. The zero-order chi connectivity index (χ0) is 11.7. The van der Waals surface area contributed by atoms with Crippen LogP contribution in [0, 0.1) is 19.8 Å². The number of nitrogens with zero attached hydrogens (tertiary/aromatic N) is 2. The van der Waals surface area contributed by atoms with E-state index >= 15 is 0 Å². The zero-order valence-electron chi connectivity index (χ0n) is 10.2. The van der Waals surface area contributed by atoms with E-state index in [4.69, 9.17) is 0 Å². The van der Waals surface area contributed by atoms with Crippen LogP contribution in [0.3, 0.4) is 0 Å². The average molecular weight is 303 g/mol. The van der Waals surface area contributed by atoms with Crippen LogP contribution < -0.4 is 0 Å². The lowest BCUT2D eigenvalue weighted by Crippen LogP contribution is -2.39. The Hall–Kier alpha value is 0.0700. The van der Waals surface area contributed by atoms with Crippen molar-refractivity contribution in [1.82, 2.24) is 9.88 Å². The monoisotopic (exact) mass is 302 g/mol. The summed E-state index contributed by atoms with van der Waals surface area (Å²) in [5, 5.41) is 1.27. The molecule has 0 spiro atoms.